The summed E-state index contributed by atoms with van der Waals surface area (Å²) in [6, 6.07) is 3.83. The van der Waals surface area contributed by atoms with E-state index >= 15 is 0 Å². The molecule has 112 valence electrons. The van der Waals surface area contributed by atoms with Crippen LogP contribution in [0.25, 0.3) is 0 Å². The van der Waals surface area contributed by atoms with E-state index in [1.165, 1.54) is 0 Å². The first-order chi connectivity index (χ1) is 9.43. The Labute approximate surface area is 130 Å². The molecule has 2 rings (SSSR count). The van der Waals surface area contributed by atoms with Crippen LogP contribution in [0, 0.1) is 0 Å². The molecule has 0 aliphatic carbocycles. The number of hydrogen-bond acceptors (Lipinski definition) is 3. The molecule has 1 aliphatic heterocycles. The van der Waals surface area contributed by atoms with Crippen LogP contribution in [0.4, 0.5) is 0 Å². The largest absolute Gasteiger partial charge is 0.492 e. The molecule has 1 atom stereocenters. The zero-order valence-electron chi connectivity index (χ0n) is 12.1. The summed E-state index contributed by atoms with van der Waals surface area (Å²) >= 11 is 12.3. The first kappa shape index (κ1) is 15.9. The van der Waals surface area contributed by atoms with E-state index in [2.05, 4.69) is 19.2 Å². The van der Waals surface area contributed by atoms with Gasteiger partial charge in [-0.05, 0) is 32.9 Å². The molecule has 0 spiro atoms. The highest BCUT2D eigenvalue weighted by atomic mass is 35.5. The quantitative estimate of drug-likeness (QED) is 0.881. The Kier molecular flexibility index (Phi) is 5.19. The van der Waals surface area contributed by atoms with Gasteiger partial charge in [0.25, 0.3) is 0 Å². The maximum atomic E-state index is 6.19. The van der Waals surface area contributed by atoms with Crippen molar-refractivity contribution >= 4 is 23.2 Å². The van der Waals surface area contributed by atoms with E-state index in [1.54, 1.807) is 6.07 Å². The number of fused-ring (bicyclic) bond motifs is 1. The van der Waals surface area contributed by atoms with Crippen molar-refractivity contribution in [1.82, 2.24) is 5.32 Å². The molecular formula is C15H21Cl2NO2. The molecule has 1 unspecified atom stereocenters. The third-order valence-electron chi connectivity index (χ3n) is 3.37. The summed E-state index contributed by atoms with van der Waals surface area (Å²) in [4.78, 5) is 0. The molecule has 0 aromatic heterocycles. The van der Waals surface area contributed by atoms with E-state index < -0.39 is 0 Å². The lowest BCUT2D eigenvalue weighted by molar-refractivity contribution is -0.0114. The summed E-state index contributed by atoms with van der Waals surface area (Å²) in [5, 5.41) is 4.74. The van der Waals surface area contributed by atoms with Gasteiger partial charge in [-0.1, -0.05) is 23.2 Å². The standard InChI is InChI=1S/C15H21Cl2NO2/c1-4-20-15(2,3)9-18-13-5-6-19-14-11(13)7-10(16)8-12(14)17/h7-8,13,18H,4-6,9H2,1-3H3. The highest BCUT2D eigenvalue weighted by Crippen LogP contribution is 2.40. The Morgan fingerprint density at radius 3 is 2.85 bits per heavy atom. The van der Waals surface area contributed by atoms with E-state index in [4.69, 9.17) is 32.7 Å². The normalized spacial score (nSPS) is 18.6. The lowest BCUT2D eigenvalue weighted by atomic mass is 9.99. The van der Waals surface area contributed by atoms with Crippen molar-refractivity contribution in [2.45, 2.75) is 38.8 Å². The third kappa shape index (κ3) is 3.79. The van der Waals surface area contributed by atoms with Crippen LogP contribution in [0.5, 0.6) is 5.75 Å². The minimum absolute atomic E-state index is 0.190. The average molecular weight is 318 g/mol. The fourth-order valence-electron chi connectivity index (χ4n) is 2.45. The van der Waals surface area contributed by atoms with Crippen LogP contribution in [-0.2, 0) is 4.74 Å². The maximum absolute atomic E-state index is 6.19. The van der Waals surface area contributed by atoms with E-state index in [-0.39, 0.29) is 11.6 Å². The van der Waals surface area contributed by atoms with E-state index in [0.717, 1.165) is 24.3 Å². The summed E-state index contributed by atoms with van der Waals surface area (Å²) < 4.78 is 11.4. The van der Waals surface area contributed by atoms with Crippen LogP contribution < -0.4 is 10.1 Å². The van der Waals surface area contributed by atoms with Crippen LogP contribution in [0.3, 0.4) is 0 Å². The van der Waals surface area contributed by atoms with Crippen LogP contribution in [-0.4, -0.2) is 25.4 Å². The summed E-state index contributed by atoms with van der Waals surface area (Å²) in [7, 11) is 0. The summed E-state index contributed by atoms with van der Waals surface area (Å²) in [5.74, 6) is 0.744. The predicted octanol–water partition coefficient (Wildman–Crippen LogP) is 4.22. The summed E-state index contributed by atoms with van der Waals surface area (Å²) in [6.07, 6.45) is 0.895. The lowest BCUT2D eigenvalue weighted by Crippen LogP contribution is -2.40. The van der Waals surface area contributed by atoms with Crippen molar-refractivity contribution in [2.75, 3.05) is 19.8 Å². The van der Waals surface area contributed by atoms with Crippen LogP contribution in [0.15, 0.2) is 12.1 Å². The van der Waals surface area contributed by atoms with Gasteiger partial charge in [-0.2, -0.15) is 0 Å². The van der Waals surface area contributed by atoms with Crippen LogP contribution in [0.2, 0.25) is 10.0 Å². The van der Waals surface area contributed by atoms with Crippen molar-refractivity contribution in [2.24, 2.45) is 0 Å². The van der Waals surface area contributed by atoms with E-state index in [0.29, 0.717) is 23.3 Å². The van der Waals surface area contributed by atoms with Crippen molar-refractivity contribution in [1.29, 1.82) is 0 Å². The molecule has 0 radical (unpaired) electrons. The highest BCUT2D eigenvalue weighted by Gasteiger charge is 2.26. The Morgan fingerprint density at radius 1 is 1.40 bits per heavy atom. The van der Waals surface area contributed by atoms with Gasteiger partial charge in [-0.15, -0.1) is 0 Å². The molecule has 0 fully saturated rings. The Morgan fingerprint density at radius 2 is 2.15 bits per heavy atom. The minimum Gasteiger partial charge on any atom is -0.492 e. The van der Waals surface area contributed by atoms with Gasteiger partial charge >= 0.3 is 0 Å². The van der Waals surface area contributed by atoms with Crippen LogP contribution >= 0.6 is 23.2 Å². The van der Waals surface area contributed by atoms with Crippen LogP contribution in [0.1, 0.15) is 38.8 Å². The van der Waals surface area contributed by atoms with E-state index in [9.17, 15) is 0 Å². The number of nitrogens with one attached hydrogen (secondary N) is 1. The molecule has 1 N–H and O–H groups in total. The zero-order valence-corrected chi connectivity index (χ0v) is 13.6. The SMILES string of the molecule is CCOC(C)(C)CNC1CCOc2c(Cl)cc(Cl)cc21. The van der Waals surface area contributed by atoms with Gasteiger partial charge in [0.2, 0.25) is 0 Å². The van der Waals surface area contributed by atoms with Crippen molar-refractivity contribution in [3.05, 3.63) is 27.7 Å². The Bertz CT molecular complexity index is 477. The van der Waals surface area contributed by atoms with Gasteiger partial charge in [0, 0.05) is 36.2 Å². The molecule has 0 bridgehead atoms. The smallest absolute Gasteiger partial charge is 0.142 e. The van der Waals surface area contributed by atoms with Gasteiger partial charge in [0.05, 0.1) is 17.2 Å². The first-order valence-corrected chi connectivity index (χ1v) is 7.67. The van der Waals surface area contributed by atoms with Gasteiger partial charge in [0.1, 0.15) is 5.75 Å². The first-order valence-electron chi connectivity index (χ1n) is 6.92. The van der Waals surface area contributed by atoms with Crippen molar-refractivity contribution < 1.29 is 9.47 Å². The number of rotatable bonds is 5. The second kappa shape index (κ2) is 6.52. The summed E-state index contributed by atoms with van der Waals surface area (Å²) in [6.45, 7) is 8.28. The monoisotopic (exact) mass is 317 g/mol. The molecule has 1 heterocycles. The van der Waals surface area contributed by atoms with Gasteiger partial charge < -0.3 is 14.8 Å². The highest BCUT2D eigenvalue weighted by molar-refractivity contribution is 6.35. The molecule has 0 saturated heterocycles. The number of halogens is 2. The molecule has 20 heavy (non-hydrogen) atoms. The molecule has 1 aromatic rings. The fourth-order valence-corrected chi connectivity index (χ4v) is 3.01. The molecule has 3 nitrogen and oxygen atoms in total. The molecule has 1 aliphatic rings. The Balaban J connectivity index is 2.13. The second-order valence-corrected chi connectivity index (χ2v) is 6.41. The number of ether oxygens (including phenoxy) is 2. The predicted molar refractivity (Wildman–Crippen MR) is 83.0 cm³/mol. The van der Waals surface area contributed by atoms with Crippen molar-refractivity contribution in [3.63, 3.8) is 0 Å². The molecule has 5 heteroatoms. The maximum Gasteiger partial charge on any atom is 0.142 e. The zero-order chi connectivity index (χ0) is 14.8. The van der Waals surface area contributed by atoms with E-state index in [1.807, 2.05) is 13.0 Å². The molecular weight excluding hydrogens is 297 g/mol. The molecule has 0 saturated carbocycles. The topological polar surface area (TPSA) is 30.5 Å². The lowest BCUT2D eigenvalue weighted by Gasteiger charge is -2.32. The van der Waals surface area contributed by atoms with Gasteiger partial charge in [-0.3, -0.25) is 0 Å². The van der Waals surface area contributed by atoms with Crippen molar-refractivity contribution in [3.8, 4) is 5.75 Å². The van der Waals surface area contributed by atoms with Gasteiger partial charge in [-0.25, -0.2) is 0 Å². The average Bonchev–Trinajstić information content (AvgIpc) is 2.36. The number of hydrogen-bond donors (Lipinski definition) is 1. The second-order valence-electron chi connectivity index (χ2n) is 5.57. The van der Waals surface area contributed by atoms with Gasteiger partial charge in [0.15, 0.2) is 0 Å². The number of benzene rings is 1. The fraction of sp³-hybridized carbons (Fsp3) is 0.600. The molecule has 1 aromatic carbocycles. The third-order valence-corrected chi connectivity index (χ3v) is 3.87. The minimum atomic E-state index is -0.199. The Hall–Kier alpha value is -0.480. The molecule has 0 amide bonds. The summed E-state index contributed by atoms with van der Waals surface area (Å²) in [5.41, 5.74) is 0.830.